The SMILES string of the molecule is O=C(NCC1CCCO1)C1=NN(c2ccc(F)cc2)c2ccc(F)cc2S1(=O)=O. The van der Waals surface area contributed by atoms with Crippen LogP contribution in [0, 0.1) is 11.6 Å². The molecule has 0 aromatic heterocycles. The van der Waals surface area contributed by atoms with Gasteiger partial charge in [0.1, 0.15) is 16.5 Å². The minimum Gasteiger partial charge on any atom is -0.376 e. The Kier molecular flexibility index (Phi) is 5.05. The number of nitrogens with zero attached hydrogens (tertiary/aromatic N) is 2. The normalized spacial score (nSPS) is 20.1. The molecule has 29 heavy (non-hydrogen) atoms. The van der Waals surface area contributed by atoms with Crippen LogP contribution < -0.4 is 10.3 Å². The summed E-state index contributed by atoms with van der Waals surface area (Å²) in [5.41, 5.74) is 0.382. The minimum atomic E-state index is -4.36. The minimum absolute atomic E-state index is 0.0636. The molecular weight excluding hydrogens is 404 g/mol. The lowest BCUT2D eigenvalue weighted by atomic mass is 10.2. The summed E-state index contributed by atoms with van der Waals surface area (Å²) in [6, 6.07) is 8.28. The van der Waals surface area contributed by atoms with Crippen molar-refractivity contribution in [3.63, 3.8) is 0 Å². The number of hydrazone groups is 1. The van der Waals surface area contributed by atoms with Crippen LogP contribution in [0.25, 0.3) is 0 Å². The van der Waals surface area contributed by atoms with Gasteiger partial charge in [0.05, 0.1) is 17.5 Å². The van der Waals surface area contributed by atoms with Crippen molar-refractivity contribution in [2.75, 3.05) is 18.2 Å². The number of benzene rings is 2. The van der Waals surface area contributed by atoms with Crippen molar-refractivity contribution < 1.29 is 26.7 Å². The summed E-state index contributed by atoms with van der Waals surface area (Å²) < 4.78 is 58.4. The summed E-state index contributed by atoms with van der Waals surface area (Å²) in [6.45, 7) is 0.727. The third kappa shape index (κ3) is 3.73. The van der Waals surface area contributed by atoms with Crippen molar-refractivity contribution in [2.24, 2.45) is 5.10 Å². The maximum absolute atomic E-state index is 13.8. The molecule has 0 spiro atoms. The number of carbonyl (C=O) groups is 1. The number of hydrogen-bond donors (Lipinski definition) is 1. The van der Waals surface area contributed by atoms with E-state index in [2.05, 4.69) is 10.4 Å². The molecule has 152 valence electrons. The number of rotatable bonds is 4. The number of fused-ring (bicyclic) bond motifs is 1. The quantitative estimate of drug-likeness (QED) is 0.820. The number of ether oxygens (including phenoxy) is 1. The van der Waals surface area contributed by atoms with Gasteiger partial charge >= 0.3 is 0 Å². The lowest BCUT2D eigenvalue weighted by Crippen LogP contribution is -2.42. The maximum atomic E-state index is 13.8. The van der Waals surface area contributed by atoms with E-state index in [0.717, 1.165) is 25.0 Å². The molecule has 0 saturated carbocycles. The fraction of sp³-hybridized carbons (Fsp3) is 0.263. The Morgan fingerprint density at radius 1 is 1.17 bits per heavy atom. The number of carbonyl (C=O) groups excluding carboxylic acids is 1. The molecule has 7 nitrogen and oxygen atoms in total. The molecule has 0 bridgehead atoms. The van der Waals surface area contributed by atoms with E-state index in [1.54, 1.807) is 0 Å². The average molecular weight is 421 g/mol. The highest BCUT2D eigenvalue weighted by molar-refractivity contribution is 8.08. The van der Waals surface area contributed by atoms with Gasteiger partial charge in [-0.15, -0.1) is 5.10 Å². The number of sulfone groups is 1. The largest absolute Gasteiger partial charge is 0.376 e. The van der Waals surface area contributed by atoms with Gasteiger partial charge in [-0.3, -0.25) is 4.79 Å². The average Bonchev–Trinajstić information content (AvgIpc) is 3.21. The van der Waals surface area contributed by atoms with Gasteiger partial charge in [-0.2, -0.15) is 0 Å². The van der Waals surface area contributed by atoms with Crippen LogP contribution in [0.15, 0.2) is 52.5 Å². The monoisotopic (exact) mass is 421 g/mol. The van der Waals surface area contributed by atoms with E-state index in [4.69, 9.17) is 4.74 Å². The van der Waals surface area contributed by atoms with E-state index >= 15 is 0 Å². The van der Waals surface area contributed by atoms with Crippen LogP contribution in [0.2, 0.25) is 0 Å². The van der Waals surface area contributed by atoms with Crippen molar-refractivity contribution >= 4 is 32.2 Å². The molecule has 1 atom stereocenters. The second kappa shape index (κ2) is 7.53. The van der Waals surface area contributed by atoms with Crippen LogP contribution in [0.1, 0.15) is 12.8 Å². The fourth-order valence-electron chi connectivity index (χ4n) is 3.21. The van der Waals surface area contributed by atoms with Crippen LogP contribution in [-0.2, 0) is 19.4 Å². The lowest BCUT2D eigenvalue weighted by Gasteiger charge is -2.27. The summed E-state index contributed by atoms with van der Waals surface area (Å²) in [6.07, 6.45) is 1.43. The fourth-order valence-corrected chi connectivity index (χ4v) is 4.63. The highest BCUT2D eigenvalue weighted by atomic mass is 32.2. The zero-order valence-corrected chi connectivity index (χ0v) is 16.0. The summed E-state index contributed by atoms with van der Waals surface area (Å²) in [4.78, 5) is 12.2. The van der Waals surface area contributed by atoms with Gasteiger partial charge in [0.2, 0.25) is 14.9 Å². The molecule has 1 N–H and O–H groups in total. The van der Waals surface area contributed by atoms with Crippen molar-refractivity contribution in [1.82, 2.24) is 5.32 Å². The summed E-state index contributed by atoms with van der Waals surface area (Å²) >= 11 is 0. The third-order valence-corrected chi connectivity index (χ3v) is 6.35. The smallest absolute Gasteiger partial charge is 0.284 e. The first-order valence-electron chi connectivity index (χ1n) is 8.95. The van der Waals surface area contributed by atoms with E-state index in [1.807, 2.05) is 0 Å². The second-order valence-electron chi connectivity index (χ2n) is 6.65. The van der Waals surface area contributed by atoms with Crippen LogP contribution >= 0.6 is 0 Å². The molecule has 2 aliphatic heterocycles. The van der Waals surface area contributed by atoms with E-state index in [9.17, 15) is 22.0 Å². The van der Waals surface area contributed by atoms with Gasteiger partial charge in [0.25, 0.3) is 5.91 Å². The molecule has 2 aromatic rings. The Hall–Kier alpha value is -2.85. The molecule has 2 aromatic carbocycles. The van der Waals surface area contributed by atoms with Crippen LogP contribution in [0.5, 0.6) is 0 Å². The first-order chi connectivity index (χ1) is 13.9. The van der Waals surface area contributed by atoms with Gasteiger partial charge in [-0.25, -0.2) is 22.2 Å². The molecule has 2 heterocycles. The Bertz CT molecular complexity index is 1080. The number of halogens is 2. The van der Waals surface area contributed by atoms with E-state index in [0.29, 0.717) is 12.3 Å². The van der Waals surface area contributed by atoms with Gasteiger partial charge in [-0.1, -0.05) is 0 Å². The Balaban J connectivity index is 1.74. The van der Waals surface area contributed by atoms with Crippen LogP contribution in [0.4, 0.5) is 20.2 Å². The molecule has 2 aliphatic rings. The highest BCUT2D eigenvalue weighted by Crippen LogP contribution is 2.37. The molecule has 1 saturated heterocycles. The molecular formula is C19H17F2N3O4S. The van der Waals surface area contributed by atoms with Gasteiger partial charge in [0.15, 0.2) is 0 Å². The van der Waals surface area contributed by atoms with Crippen molar-refractivity contribution in [1.29, 1.82) is 0 Å². The predicted molar refractivity (Wildman–Crippen MR) is 102 cm³/mol. The number of hydrogen-bond acceptors (Lipinski definition) is 6. The second-order valence-corrected chi connectivity index (χ2v) is 8.49. The summed E-state index contributed by atoms with van der Waals surface area (Å²) in [5, 5.41) is 6.95. The Labute approximate surface area is 165 Å². The molecule has 1 fully saturated rings. The van der Waals surface area contributed by atoms with Crippen molar-refractivity contribution in [3.8, 4) is 0 Å². The van der Waals surface area contributed by atoms with Gasteiger partial charge in [0, 0.05) is 13.2 Å². The number of amides is 1. The zero-order valence-electron chi connectivity index (χ0n) is 15.1. The highest BCUT2D eigenvalue weighted by Gasteiger charge is 2.38. The summed E-state index contributed by atoms with van der Waals surface area (Å²) in [5.74, 6) is -2.17. The van der Waals surface area contributed by atoms with E-state index in [-0.39, 0.29) is 23.2 Å². The van der Waals surface area contributed by atoms with Gasteiger partial charge in [-0.05, 0) is 55.3 Å². The topological polar surface area (TPSA) is 88.1 Å². The Morgan fingerprint density at radius 2 is 1.90 bits per heavy atom. The van der Waals surface area contributed by atoms with E-state index in [1.165, 1.54) is 35.3 Å². The molecule has 0 radical (unpaired) electrons. The lowest BCUT2D eigenvalue weighted by molar-refractivity contribution is -0.115. The molecule has 10 heteroatoms. The maximum Gasteiger partial charge on any atom is 0.284 e. The van der Waals surface area contributed by atoms with Crippen LogP contribution in [0.3, 0.4) is 0 Å². The molecule has 1 unspecified atom stereocenters. The molecule has 4 rings (SSSR count). The van der Waals surface area contributed by atoms with Crippen molar-refractivity contribution in [2.45, 2.75) is 23.8 Å². The van der Waals surface area contributed by atoms with E-state index < -0.39 is 32.4 Å². The first kappa shape index (κ1) is 19.5. The third-order valence-electron chi connectivity index (χ3n) is 4.66. The molecule has 0 aliphatic carbocycles. The first-order valence-corrected chi connectivity index (χ1v) is 10.4. The predicted octanol–water partition coefficient (Wildman–Crippen LogP) is 2.50. The van der Waals surface area contributed by atoms with Gasteiger partial charge < -0.3 is 10.1 Å². The van der Waals surface area contributed by atoms with Crippen molar-refractivity contribution in [3.05, 3.63) is 54.1 Å². The standard InChI is InChI=1S/C19H17F2N3O4S/c20-12-3-6-14(7-4-12)24-16-8-5-13(21)10-17(16)29(26,27)19(23-24)18(25)22-11-15-2-1-9-28-15/h3-8,10,15H,1-2,9,11H2,(H,22,25). The summed E-state index contributed by atoms with van der Waals surface area (Å²) in [7, 11) is -4.36. The van der Waals surface area contributed by atoms with Crippen LogP contribution in [-0.4, -0.2) is 38.6 Å². The zero-order chi connectivity index (χ0) is 20.6. The molecule has 1 amide bonds. The number of anilines is 2. The Morgan fingerprint density at radius 3 is 2.59 bits per heavy atom. The number of nitrogens with one attached hydrogen (secondary N) is 1.